The lowest BCUT2D eigenvalue weighted by Crippen LogP contribution is -2.38. The van der Waals surface area contributed by atoms with E-state index in [0.717, 1.165) is 14.9 Å². The van der Waals surface area contributed by atoms with Gasteiger partial charge in [0.05, 0.1) is 17.3 Å². The van der Waals surface area contributed by atoms with Gasteiger partial charge in [0.2, 0.25) is 0 Å². The molecule has 1 aliphatic carbocycles. The van der Waals surface area contributed by atoms with Crippen molar-refractivity contribution in [3.63, 3.8) is 0 Å². The van der Waals surface area contributed by atoms with E-state index in [1.54, 1.807) is 12.1 Å². The van der Waals surface area contributed by atoms with E-state index in [0.29, 0.717) is 27.5 Å². The molecule has 2 aromatic rings. The van der Waals surface area contributed by atoms with Crippen LogP contribution in [0.4, 0.5) is 0 Å². The van der Waals surface area contributed by atoms with Crippen LogP contribution in [0.5, 0.6) is 0 Å². The highest BCUT2D eigenvalue weighted by molar-refractivity contribution is 7.89. The molecule has 3 rings (SSSR count). The molecule has 10 nitrogen and oxygen atoms in total. The molecule has 158 valence electrons. The number of nitrogens with one attached hydrogen (secondary N) is 1. The smallest absolute Gasteiger partial charge is 0.303 e. The van der Waals surface area contributed by atoms with Gasteiger partial charge >= 0.3 is 10.2 Å². The highest BCUT2D eigenvalue weighted by Crippen LogP contribution is 2.32. The lowest BCUT2D eigenvalue weighted by molar-refractivity contribution is 0.437. The molecule has 1 N–H and O–H groups in total. The first kappa shape index (κ1) is 22.1. The summed E-state index contributed by atoms with van der Waals surface area (Å²) in [4.78, 5) is 3.68. The predicted octanol–water partition coefficient (Wildman–Crippen LogP) is 1.46. The number of halogens is 2. The van der Waals surface area contributed by atoms with Crippen molar-refractivity contribution >= 4 is 49.1 Å². The second-order valence-electron chi connectivity index (χ2n) is 6.57. The van der Waals surface area contributed by atoms with E-state index in [1.165, 1.54) is 20.2 Å². The standard InChI is InChI=1S/C15H18Cl2N6O4S2/c1-21(2)29(26,27)23-9-19-15(20-23)28(24,25)22(11-4-5-11)8-14(18)12-6-3-10(16)7-13(12)17/h3,6-7,9,11,18H,4-5,8H2,1-2H3. The van der Waals surface area contributed by atoms with E-state index in [-0.39, 0.29) is 23.3 Å². The molecule has 0 saturated heterocycles. The van der Waals surface area contributed by atoms with Gasteiger partial charge in [-0.2, -0.15) is 17.0 Å². The SMILES string of the molecule is CN(C)S(=O)(=O)n1cnc(S(=O)(=O)N(CC(=N)c2ccc(Cl)cc2Cl)C2CC2)n1. The minimum absolute atomic E-state index is 0.0255. The van der Waals surface area contributed by atoms with Crippen molar-refractivity contribution in [3.8, 4) is 0 Å². The second-order valence-corrected chi connectivity index (χ2v) is 11.2. The Hall–Kier alpha value is -1.57. The fraction of sp³-hybridized carbons (Fsp3) is 0.400. The maximum absolute atomic E-state index is 13.1. The van der Waals surface area contributed by atoms with E-state index in [2.05, 4.69) is 10.1 Å². The van der Waals surface area contributed by atoms with Gasteiger partial charge in [0, 0.05) is 30.7 Å². The number of benzene rings is 1. The average molecular weight is 481 g/mol. The summed E-state index contributed by atoms with van der Waals surface area (Å²) in [6.07, 6.45) is 2.07. The molecular weight excluding hydrogens is 463 g/mol. The van der Waals surface area contributed by atoms with E-state index >= 15 is 0 Å². The van der Waals surface area contributed by atoms with Crippen molar-refractivity contribution in [1.29, 1.82) is 5.41 Å². The van der Waals surface area contributed by atoms with E-state index < -0.39 is 25.4 Å². The molecule has 1 saturated carbocycles. The highest BCUT2D eigenvalue weighted by Gasteiger charge is 2.41. The van der Waals surface area contributed by atoms with Crippen LogP contribution in [0.25, 0.3) is 0 Å². The number of hydrogen-bond donors (Lipinski definition) is 1. The molecule has 0 radical (unpaired) electrons. The summed E-state index contributed by atoms with van der Waals surface area (Å²) in [6, 6.07) is 4.26. The van der Waals surface area contributed by atoms with Crippen LogP contribution in [0.15, 0.2) is 29.7 Å². The predicted molar refractivity (Wildman–Crippen MR) is 108 cm³/mol. The summed E-state index contributed by atoms with van der Waals surface area (Å²) in [5.74, 6) is 0. The molecule has 0 bridgehead atoms. The molecule has 0 unspecified atom stereocenters. The zero-order chi connectivity index (χ0) is 21.6. The average Bonchev–Trinajstić information content (AvgIpc) is 3.32. The molecule has 0 amide bonds. The first-order valence-corrected chi connectivity index (χ1v) is 11.9. The molecule has 14 heteroatoms. The van der Waals surface area contributed by atoms with Gasteiger partial charge in [0.1, 0.15) is 6.33 Å². The molecule has 0 atom stereocenters. The minimum Gasteiger partial charge on any atom is -0.303 e. The van der Waals surface area contributed by atoms with Crippen LogP contribution in [0.2, 0.25) is 10.0 Å². The van der Waals surface area contributed by atoms with Crippen LogP contribution in [0.1, 0.15) is 18.4 Å². The Kier molecular flexibility index (Phi) is 6.05. The lowest BCUT2D eigenvalue weighted by atomic mass is 10.1. The molecular formula is C15H18Cl2N6O4S2. The largest absolute Gasteiger partial charge is 0.323 e. The van der Waals surface area contributed by atoms with E-state index in [1.807, 2.05) is 0 Å². The number of sulfonamides is 1. The zero-order valence-corrected chi connectivity index (χ0v) is 18.6. The van der Waals surface area contributed by atoms with Crippen LogP contribution in [-0.4, -0.2) is 72.0 Å². The Morgan fingerprint density at radius 2 is 1.90 bits per heavy atom. The van der Waals surface area contributed by atoms with Gasteiger partial charge < -0.3 is 5.41 Å². The summed E-state index contributed by atoms with van der Waals surface area (Å²) in [5.41, 5.74) is 0.327. The van der Waals surface area contributed by atoms with Crippen molar-refractivity contribution in [1.82, 2.24) is 22.8 Å². The maximum atomic E-state index is 13.1. The second kappa shape index (κ2) is 7.93. The minimum atomic E-state index is -4.23. The van der Waals surface area contributed by atoms with Crippen LogP contribution in [-0.2, 0) is 20.2 Å². The number of nitrogens with zero attached hydrogens (tertiary/aromatic N) is 5. The molecule has 1 aromatic carbocycles. The van der Waals surface area contributed by atoms with Crippen molar-refractivity contribution < 1.29 is 16.8 Å². The fourth-order valence-corrected chi connectivity index (χ4v) is 5.22. The summed E-state index contributed by atoms with van der Waals surface area (Å²) in [5, 5.41) is 11.9. The van der Waals surface area contributed by atoms with Crippen LogP contribution in [0.3, 0.4) is 0 Å². The summed E-state index contributed by atoms with van der Waals surface area (Å²) in [6.45, 7) is -0.261. The van der Waals surface area contributed by atoms with Gasteiger partial charge in [0.15, 0.2) is 0 Å². The topological polar surface area (TPSA) is 129 Å². The Morgan fingerprint density at radius 1 is 1.24 bits per heavy atom. The van der Waals surface area contributed by atoms with Crippen molar-refractivity contribution in [2.24, 2.45) is 0 Å². The van der Waals surface area contributed by atoms with Gasteiger partial charge in [-0.15, -0.1) is 9.19 Å². The quantitative estimate of drug-likeness (QED) is 0.569. The Labute approximate surface area is 178 Å². The van der Waals surface area contributed by atoms with Crippen LogP contribution < -0.4 is 0 Å². The third-order valence-corrected chi connectivity index (χ3v) is 8.03. The summed E-state index contributed by atoms with van der Waals surface area (Å²) in [7, 11) is -5.65. The summed E-state index contributed by atoms with van der Waals surface area (Å²) >= 11 is 12.0. The van der Waals surface area contributed by atoms with Gasteiger partial charge in [-0.05, 0) is 25.0 Å². The molecule has 29 heavy (non-hydrogen) atoms. The van der Waals surface area contributed by atoms with Gasteiger partial charge in [-0.25, -0.2) is 13.4 Å². The molecule has 1 fully saturated rings. The molecule has 1 aromatic heterocycles. The van der Waals surface area contributed by atoms with Crippen LogP contribution >= 0.6 is 23.2 Å². The molecule has 0 aliphatic heterocycles. The third-order valence-electron chi connectivity index (χ3n) is 4.21. The normalized spacial score (nSPS) is 15.2. The van der Waals surface area contributed by atoms with E-state index in [9.17, 15) is 16.8 Å². The third kappa shape index (κ3) is 4.47. The van der Waals surface area contributed by atoms with Gasteiger partial charge in [-0.1, -0.05) is 29.3 Å². The zero-order valence-electron chi connectivity index (χ0n) is 15.4. The number of aromatic nitrogens is 3. The Balaban J connectivity index is 1.91. The van der Waals surface area contributed by atoms with E-state index in [4.69, 9.17) is 28.6 Å². The Morgan fingerprint density at radius 3 is 2.45 bits per heavy atom. The number of rotatable bonds is 8. The fourth-order valence-electron chi connectivity index (χ4n) is 2.48. The Bertz CT molecular complexity index is 1160. The lowest BCUT2D eigenvalue weighted by Gasteiger charge is -2.21. The van der Waals surface area contributed by atoms with Crippen molar-refractivity contribution in [3.05, 3.63) is 40.1 Å². The number of hydrogen-bond acceptors (Lipinski definition) is 7. The monoisotopic (exact) mass is 480 g/mol. The van der Waals surface area contributed by atoms with Gasteiger partial charge in [0.25, 0.3) is 15.2 Å². The first-order chi connectivity index (χ1) is 13.4. The van der Waals surface area contributed by atoms with Gasteiger partial charge in [-0.3, -0.25) is 0 Å². The van der Waals surface area contributed by atoms with Crippen molar-refractivity contribution in [2.75, 3.05) is 20.6 Å². The molecule has 1 aliphatic rings. The maximum Gasteiger partial charge on any atom is 0.323 e. The summed E-state index contributed by atoms with van der Waals surface area (Å²) < 4.78 is 52.9. The highest BCUT2D eigenvalue weighted by atomic mass is 35.5. The van der Waals surface area contributed by atoms with Crippen LogP contribution in [0, 0.1) is 5.41 Å². The first-order valence-electron chi connectivity index (χ1n) is 8.34. The van der Waals surface area contributed by atoms with Crippen molar-refractivity contribution in [2.45, 2.75) is 24.0 Å². The molecule has 1 heterocycles. The molecule has 0 spiro atoms.